The smallest absolute Gasteiger partial charge is 0.322 e. The molecule has 0 saturated heterocycles. The number of nitrogens with two attached hydrogens (primary N) is 1. The molecule has 0 spiro atoms. The first-order valence-corrected chi connectivity index (χ1v) is 10.3. The highest BCUT2D eigenvalue weighted by atomic mass is 32.2. The summed E-state index contributed by atoms with van der Waals surface area (Å²) >= 11 is 0.983. The van der Waals surface area contributed by atoms with E-state index in [2.05, 4.69) is 10.6 Å². The normalized spacial score (nSPS) is 12.3. The first kappa shape index (κ1) is 26.5. The number of hydrogen-bond acceptors (Lipinski definition) is 9. The summed E-state index contributed by atoms with van der Waals surface area (Å²) in [6, 6.07) is 2.52. The Bertz CT molecular complexity index is 876. The van der Waals surface area contributed by atoms with Crippen LogP contribution in [0.2, 0.25) is 0 Å². The van der Waals surface area contributed by atoms with Gasteiger partial charge in [-0.05, 0) is 18.6 Å². The highest BCUT2D eigenvalue weighted by Crippen LogP contribution is 2.14. The fraction of sp³-hybridized carbons (Fsp3) is 0.389. The first-order chi connectivity index (χ1) is 15.0. The Morgan fingerprint density at radius 2 is 1.75 bits per heavy atom. The van der Waals surface area contributed by atoms with Crippen molar-refractivity contribution in [1.82, 2.24) is 10.6 Å². The number of hydrogen-bond donors (Lipinski definition) is 5. The second-order valence-electron chi connectivity index (χ2n) is 6.46. The van der Waals surface area contributed by atoms with E-state index in [0.29, 0.717) is 0 Å². The molecule has 0 unspecified atom stereocenters. The molecule has 0 aromatic heterocycles. The number of benzene rings is 1. The third-order valence-corrected chi connectivity index (χ3v) is 5.02. The number of aliphatic carboxylic acids is 2. The van der Waals surface area contributed by atoms with Crippen LogP contribution in [0.25, 0.3) is 0 Å². The highest BCUT2D eigenvalue weighted by molar-refractivity contribution is 8.00. The van der Waals surface area contributed by atoms with Crippen molar-refractivity contribution in [2.24, 2.45) is 5.73 Å². The molecule has 2 amide bonds. The van der Waals surface area contributed by atoms with Crippen LogP contribution >= 0.6 is 11.8 Å². The molecule has 0 fully saturated rings. The molecule has 32 heavy (non-hydrogen) atoms. The van der Waals surface area contributed by atoms with Crippen molar-refractivity contribution in [2.75, 3.05) is 18.1 Å². The summed E-state index contributed by atoms with van der Waals surface area (Å²) < 4.78 is 0. The molecular formula is C18H22N4O9S. The van der Waals surface area contributed by atoms with Crippen molar-refractivity contribution >= 4 is 47.0 Å². The number of non-ortho nitro benzene ring substituents is 1. The number of thioether (sulfide) groups is 1. The van der Waals surface area contributed by atoms with Gasteiger partial charge < -0.3 is 26.6 Å². The molecule has 1 aromatic carbocycles. The molecule has 1 aromatic rings. The summed E-state index contributed by atoms with van der Waals surface area (Å²) in [7, 11) is 0. The van der Waals surface area contributed by atoms with Gasteiger partial charge in [-0.3, -0.25) is 34.1 Å². The summed E-state index contributed by atoms with van der Waals surface area (Å²) in [5.74, 6) is -4.60. The van der Waals surface area contributed by atoms with Gasteiger partial charge >= 0.3 is 11.9 Å². The number of nitro benzene ring substituents is 1. The van der Waals surface area contributed by atoms with Crippen LogP contribution in [-0.2, 0) is 19.2 Å². The summed E-state index contributed by atoms with van der Waals surface area (Å²) in [6.45, 7) is -0.679. The van der Waals surface area contributed by atoms with Crippen LogP contribution in [0, 0.1) is 10.1 Å². The number of carboxylic acids is 2. The van der Waals surface area contributed by atoms with Crippen molar-refractivity contribution in [3.05, 3.63) is 39.9 Å². The van der Waals surface area contributed by atoms with E-state index < -0.39 is 47.3 Å². The average molecular weight is 470 g/mol. The minimum Gasteiger partial charge on any atom is -0.480 e. The first-order valence-electron chi connectivity index (χ1n) is 9.14. The molecule has 0 saturated carbocycles. The molecule has 0 aliphatic rings. The van der Waals surface area contributed by atoms with Gasteiger partial charge in [0.1, 0.15) is 18.6 Å². The molecule has 6 N–H and O–H groups in total. The van der Waals surface area contributed by atoms with Gasteiger partial charge in [0.2, 0.25) is 11.8 Å². The Morgan fingerprint density at radius 1 is 1.12 bits per heavy atom. The Balaban J connectivity index is 2.67. The minimum atomic E-state index is -1.29. The maximum atomic E-state index is 12.2. The van der Waals surface area contributed by atoms with Crippen LogP contribution in [0.3, 0.4) is 0 Å². The fourth-order valence-corrected chi connectivity index (χ4v) is 3.21. The van der Waals surface area contributed by atoms with E-state index in [9.17, 15) is 34.1 Å². The second-order valence-corrected chi connectivity index (χ2v) is 7.49. The topological polar surface area (TPSA) is 219 Å². The number of carboxylic acid groups (broad SMARTS) is 2. The van der Waals surface area contributed by atoms with Crippen LogP contribution in [0.4, 0.5) is 5.69 Å². The Hall–Kier alpha value is -3.52. The molecule has 0 bridgehead atoms. The number of amides is 2. The summed E-state index contributed by atoms with van der Waals surface area (Å²) in [5, 5.41) is 32.6. The van der Waals surface area contributed by atoms with Gasteiger partial charge in [0, 0.05) is 29.9 Å². The summed E-state index contributed by atoms with van der Waals surface area (Å²) in [6.07, 6.45) is -0.445. The fourth-order valence-electron chi connectivity index (χ4n) is 2.27. The predicted octanol–water partition coefficient (Wildman–Crippen LogP) is -0.612. The zero-order chi connectivity index (χ0) is 24.3. The van der Waals surface area contributed by atoms with Gasteiger partial charge in [-0.15, -0.1) is 0 Å². The molecule has 174 valence electrons. The predicted molar refractivity (Wildman–Crippen MR) is 112 cm³/mol. The van der Waals surface area contributed by atoms with Crippen LogP contribution in [0.1, 0.15) is 23.2 Å². The highest BCUT2D eigenvalue weighted by Gasteiger charge is 2.23. The molecule has 14 heteroatoms. The van der Waals surface area contributed by atoms with Gasteiger partial charge in [-0.2, -0.15) is 11.8 Å². The van der Waals surface area contributed by atoms with Gasteiger partial charge in [-0.1, -0.05) is 0 Å². The molecule has 0 aliphatic heterocycles. The average Bonchev–Trinajstić information content (AvgIpc) is 2.74. The minimum absolute atomic E-state index is 0.0824. The van der Waals surface area contributed by atoms with Crippen molar-refractivity contribution in [3.63, 3.8) is 0 Å². The van der Waals surface area contributed by atoms with E-state index >= 15 is 0 Å². The van der Waals surface area contributed by atoms with Crippen LogP contribution in [0.5, 0.6) is 0 Å². The number of rotatable bonds is 14. The Labute approximate surface area is 185 Å². The lowest BCUT2D eigenvalue weighted by atomic mass is 10.1. The lowest BCUT2D eigenvalue weighted by molar-refractivity contribution is -0.384. The van der Waals surface area contributed by atoms with Crippen molar-refractivity contribution < 1.29 is 39.1 Å². The standard InChI is InChI=1S/C18H22N4O9S/c19-12(18(28)29)5-6-15(24)21-13(17(27)20-7-16(25)26)8-32-9-14(23)10-1-3-11(4-2-10)22(30)31/h1-4,12-13H,5-9,19H2,(H,20,27)(H,21,24)(H,25,26)(H,28,29)/t12-,13-/m0/s1. The number of carbonyl (C=O) groups is 5. The van der Waals surface area contributed by atoms with Crippen LogP contribution in [-0.4, -0.2) is 74.8 Å². The number of ketones is 1. The van der Waals surface area contributed by atoms with Gasteiger partial charge in [0.25, 0.3) is 5.69 Å². The largest absolute Gasteiger partial charge is 0.480 e. The quantitative estimate of drug-likeness (QED) is 0.131. The molecule has 2 atom stereocenters. The van der Waals surface area contributed by atoms with E-state index in [4.69, 9.17) is 15.9 Å². The SMILES string of the molecule is N[C@@H](CCC(=O)N[C@@H](CSCC(=O)c1ccc([N+](=O)[O-])cc1)C(=O)NCC(=O)O)C(=O)O. The number of Topliss-reactive ketones (excluding diaryl/α,β-unsaturated/α-hetero) is 1. The van der Waals surface area contributed by atoms with E-state index in [-0.39, 0.29) is 41.4 Å². The molecule has 0 radical (unpaired) electrons. The van der Waals surface area contributed by atoms with E-state index in [1.54, 1.807) is 0 Å². The zero-order valence-electron chi connectivity index (χ0n) is 16.7. The molecule has 0 heterocycles. The molecule has 0 aliphatic carbocycles. The summed E-state index contributed by atoms with van der Waals surface area (Å²) in [5.41, 5.74) is 5.38. The lowest BCUT2D eigenvalue weighted by Gasteiger charge is -2.18. The molecular weight excluding hydrogens is 448 g/mol. The maximum absolute atomic E-state index is 12.2. The Morgan fingerprint density at radius 3 is 2.28 bits per heavy atom. The maximum Gasteiger partial charge on any atom is 0.322 e. The number of carbonyl (C=O) groups excluding carboxylic acids is 3. The van der Waals surface area contributed by atoms with Gasteiger partial charge in [0.15, 0.2) is 5.78 Å². The van der Waals surface area contributed by atoms with Crippen molar-refractivity contribution in [1.29, 1.82) is 0 Å². The van der Waals surface area contributed by atoms with Crippen LogP contribution < -0.4 is 16.4 Å². The van der Waals surface area contributed by atoms with E-state index in [1.807, 2.05) is 0 Å². The van der Waals surface area contributed by atoms with Crippen LogP contribution in [0.15, 0.2) is 24.3 Å². The number of nitrogens with zero attached hydrogens (tertiary/aromatic N) is 1. The zero-order valence-corrected chi connectivity index (χ0v) is 17.5. The molecule has 1 rings (SSSR count). The second kappa shape index (κ2) is 13.0. The Kier molecular flexibility index (Phi) is 10.8. The van der Waals surface area contributed by atoms with Crippen molar-refractivity contribution in [2.45, 2.75) is 24.9 Å². The van der Waals surface area contributed by atoms with Gasteiger partial charge in [0.05, 0.1) is 10.7 Å². The number of nitrogens with one attached hydrogen (secondary N) is 2. The van der Waals surface area contributed by atoms with Gasteiger partial charge in [-0.25, -0.2) is 0 Å². The van der Waals surface area contributed by atoms with Crippen molar-refractivity contribution in [3.8, 4) is 0 Å². The monoisotopic (exact) mass is 470 g/mol. The third-order valence-electron chi connectivity index (χ3n) is 3.98. The van der Waals surface area contributed by atoms with E-state index in [0.717, 1.165) is 11.8 Å². The molecule has 13 nitrogen and oxygen atoms in total. The lowest BCUT2D eigenvalue weighted by Crippen LogP contribution is -2.49. The summed E-state index contributed by atoms with van der Waals surface area (Å²) in [4.78, 5) is 67.9. The third kappa shape index (κ3) is 9.53. The number of nitro groups is 1. The van der Waals surface area contributed by atoms with E-state index in [1.165, 1.54) is 24.3 Å².